The molecule has 0 bridgehead atoms. The van der Waals surface area contributed by atoms with Crippen molar-refractivity contribution in [3.05, 3.63) is 40.2 Å². The van der Waals surface area contributed by atoms with Crippen LogP contribution in [0.3, 0.4) is 0 Å². The quantitative estimate of drug-likeness (QED) is 0.829. The van der Waals surface area contributed by atoms with Crippen LogP contribution in [0.25, 0.3) is 6.08 Å². The van der Waals surface area contributed by atoms with E-state index >= 15 is 0 Å². The van der Waals surface area contributed by atoms with Crippen molar-refractivity contribution in [1.82, 2.24) is 5.32 Å². The van der Waals surface area contributed by atoms with Crippen molar-refractivity contribution in [1.29, 1.82) is 0 Å². The van der Waals surface area contributed by atoms with Crippen LogP contribution in [0.5, 0.6) is 0 Å². The van der Waals surface area contributed by atoms with Crippen LogP contribution in [0.1, 0.15) is 32.8 Å². The van der Waals surface area contributed by atoms with Gasteiger partial charge >= 0.3 is 0 Å². The molecule has 0 spiro atoms. The van der Waals surface area contributed by atoms with E-state index in [1.54, 1.807) is 12.1 Å². The third-order valence-corrected chi connectivity index (χ3v) is 2.75. The van der Waals surface area contributed by atoms with E-state index in [4.69, 9.17) is 11.6 Å². The van der Waals surface area contributed by atoms with Gasteiger partial charge < -0.3 is 5.32 Å². The molecule has 0 aliphatic rings. The molecule has 0 atom stereocenters. The van der Waals surface area contributed by atoms with Gasteiger partial charge in [-0.3, -0.25) is 0 Å². The second-order valence-electron chi connectivity index (χ2n) is 4.36. The number of rotatable bonds is 5. The minimum Gasteiger partial charge on any atom is -0.311 e. The van der Waals surface area contributed by atoms with Crippen LogP contribution in [0.4, 0.5) is 4.39 Å². The first-order valence-corrected chi connectivity index (χ1v) is 6.28. The largest absolute Gasteiger partial charge is 0.311 e. The van der Waals surface area contributed by atoms with E-state index in [2.05, 4.69) is 26.1 Å². The summed E-state index contributed by atoms with van der Waals surface area (Å²) >= 11 is 5.72. The van der Waals surface area contributed by atoms with Gasteiger partial charge in [0.25, 0.3) is 0 Å². The third-order valence-electron chi connectivity index (χ3n) is 2.51. The summed E-state index contributed by atoms with van der Waals surface area (Å²) in [5.74, 6) is -0.270. The zero-order chi connectivity index (χ0) is 12.8. The molecule has 0 aliphatic heterocycles. The minimum absolute atomic E-state index is 0.270. The van der Waals surface area contributed by atoms with Crippen LogP contribution < -0.4 is 5.32 Å². The molecule has 0 aromatic heterocycles. The fraction of sp³-hybridized carbons (Fsp3) is 0.429. The molecule has 0 heterocycles. The van der Waals surface area contributed by atoms with E-state index in [0.29, 0.717) is 16.6 Å². The van der Waals surface area contributed by atoms with E-state index in [9.17, 15) is 4.39 Å². The molecule has 94 valence electrons. The Labute approximate surface area is 108 Å². The Bertz CT molecular complexity index is 399. The highest BCUT2D eigenvalue weighted by Crippen LogP contribution is 2.18. The third kappa shape index (κ3) is 4.88. The molecular formula is C14H19ClFN. The lowest BCUT2D eigenvalue weighted by Crippen LogP contribution is -2.24. The molecule has 0 fully saturated rings. The molecule has 17 heavy (non-hydrogen) atoms. The Morgan fingerprint density at radius 2 is 2.18 bits per heavy atom. The summed E-state index contributed by atoms with van der Waals surface area (Å²) < 4.78 is 13.6. The molecule has 1 nitrogen and oxygen atoms in total. The molecule has 0 aliphatic carbocycles. The lowest BCUT2D eigenvalue weighted by molar-refractivity contribution is 0.614. The molecule has 0 radical (unpaired) electrons. The molecule has 0 amide bonds. The summed E-state index contributed by atoms with van der Waals surface area (Å²) in [5, 5.41) is 3.76. The molecule has 1 aromatic rings. The predicted molar refractivity (Wildman–Crippen MR) is 72.8 cm³/mol. The van der Waals surface area contributed by atoms with Crippen LogP contribution in [0, 0.1) is 5.82 Å². The molecular weight excluding hydrogens is 237 g/mol. The van der Waals surface area contributed by atoms with Crippen LogP contribution in [-0.2, 0) is 0 Å². The smallest absolute Gasteiger partial charge is 0.131 e. The Balaban J connectivity index is 2.82. The Hall–Kier alpha value is -0.860. The first-order valence-electron chi connectivity index (χ1n) is 5.90. The molecule has 1 rings (SSSR count). The van der Waals surface area contributed by atoms with Gasteiger partial charge in [0.1, 0.15) is 5.82 Å². The normalized spacial score (nSPS) is 12.2. The van der Waals surface area contributed by atoms with Crippen molar-refractivity contribution in [2.75, 3.05) is 6.54 Å². The Morgan fingerprint density at radius 1 is 1.47 bits per heavy atom. The zero-order valence-electron chi connectivity index (χ0n) is 10.6. The Kier molecular flexibility index (Phi) is 5.66. The summed E-state index contributed by atoms with van der Waals surface area (Å²) in [6, 6.07) is 5.19. The van der Waals surface area contributed by atoms with Gasteiger partial charge in [0, 0.05) is 23.2 Å². The van der Waals surface area contributed by atoms with E-state index in [-0.39, 0.29) is 5.82 Å². The fourth-order valence-corrected chi connectivity index (χ4v) is 1.61. The van der Waals surface area contributed by atoms with Gasteiger partial charge in [0.15, 0.2) is 0 Å². The number of hydrogen-bond donors (Lipinski definition) is 1. The molecule has 3 heteroatoms. The van der Waals surface area contributed by atoms with Gasteiger partial charge in [-0.2, -0.15) is 0 Å². The van der Waals surface area contributed by atoms with Crippen molar-refractivity contribution < 1.29 is 4.39 Å². The lowest BCUT2D eigenvalue weighted by Gasteiger charge is -2.10. The maximum Gasteiger partial charge on any atom is 0.131 e. The Morgan fingerprint density at radius 3 is 2.71 bits per heavy atom. The fourth-order valence-electron chi connectivity index (χ4n) is 1.45. The maximum absolute atomic E-state index is 13.6. The number of hydrogen-bond acceptors (Lipinski definition) is 1. The van der Waals surface area contributed by atoms with Gasteiger partial charge in [-0.05, 0) is 18.6 Å². The predicted octanol–water partition coefficient (Wildman–Crippen LogP) is 4.27. The van der Waals surface area contributed by atoms with Crippen molar-refractivity contribution in [2.24, 2.45) is 0 Å². The van der Waals surface area contributed by atoms with Crippen molar-refractivity contribution >= 4 is 17.7 Å². The minimum atomic E-state index is -0.270. The molecule has 1 aromatic carbocycles. The summed E-state index contributed by atoms with van der Waals surface area (Å²) in [7, 11) is 0. The van der Waals surface area contributed by atoms with Crippen LogP contribution in [-0.4, -0.2) is 12.6 Å². The summed E-state index contributed by atoms with van der Waals surface area (Å²) in [4.78, 5) is 0. The van der Waals surface area contributed by atoms with Gasteiger partial charge in [0.05, 0.1) is 0 Å². The summed E-state index contributed by atoms with van der Waals surface area (Å²) in [6.07, 6.45) is 2.79. The highest BCUT2D eigenvalue weighted by molar-refractivity contribution is 6.30. The van der Waals surface area contributed by atoms with Gasteiger partial charge in [-0.15, -0.1) is 0 Å². The van der Waals surface area contributed by atoms with E-state index in [0.717, 1.165) is 13.0 Å². The lowest BCUT2D eigenvalue weighted by atomic mass is 10.1. The number of benzene rings is 1. The highest BCUT2D eigenvalue weighted by atomic mass is 35.5. The average Bonchev–Trinajstić information content (AvgIpc) is 2.26. The van der Waals surface area contributed by atoms with E-state index < -0.39 is 0 Å². The molecule has 0 unspecified atom stereocenters. The highest BCUT2D eigenvalue weighted by Gasteiger charge is 2.02. The second-order valence-corrected chi connectivity index (χ2v) is 4.79. The number of nitrogens with one attached hydrogen (secondary N) is 1. The van der Waals surface area contributed by atoms with Crippen molar-refractivity contribution in [3.63, 3.8) is 0 Å². The van der Waals surface area contributed by atoms with Crippen molar-refractivity contribution in [3.8, 4) is 0 Å². The summed E-state index contributed by atoms with van der Waals surface area (Å²) in [5.41, 5.74) is 1.77. The first kappa shape index (κ1) is 14.2. The maximum atomic E-state index is 13.6. The van der Waals surface area contributed by atoms with Gasteiger partial charge in [-0.1, -0.05) is 50.1 Å². The van der Waals surface area contributed by atoms with Gasteiger partial charge in [0.2, 0.25) is 0 Å². The van der Waals surface area contributed by atoms with Crippen LogP contribution >= 0.6 is 11.6 Å². The average molecular weight is 256 g/mol. The standard InChI is InChI=1S/C14H19ClFN/c1-4-11(9-17-10(2)3)7-12-5-6-13(15)8-14(12)16/h5-8,10,17H,4,9H2,1-3H3/b11-7-. The van der Waals surface area contributed by atoms with E-state index in [1.165, 1.54) is 11.6 Å². The first-order chi connectivity index (χ1) is 8.02. The summed E-state index contributed by atoms with van der Waals surface area (Å²) in [6.45, 7) is 7.05. The SMILES string of the molecule is CC/C(=C/c1ccc(Cl)cc1F)CNC(C)C. The topological polar surface area (TPSA) is 12.0 Å². The van der Waals surface area contributed by atoms with Crippen LogP contribution in [0.15, 0.2) is 23.8 Å². The monoisotopic (exact) mass is 255 g/mol. The molecule has 1 N–H and O–H groups in total. The molecule has 0 saturated carbocycles. The number of halogens is 2. The van der Waals surface area contributed by atoms with E-state index in [1.807, 2.05) is 6.08 Å². The van der Waals surface area contributed by atoms with Gasteiger partial charge in [-0.25, -0.2) is 4.39 Å². The molecule has 0 saturated heterocycles. The van der Waals surface area contributed by atoms with Crippen molar-refractivity contribution in [2.45, 2.75) is 33.2 Å². The zero-order valence-corrected chi connectivity index (χ0v) is 11.3. The van der Waals surface area contributed by atoms with Crippen LogP contribution in [0.2, 0.25) is 5.02 Å². The second kappa shape index (κ2) is 6.77.